The quantitative estimate of drug-likeness (QED) is 0.498. The molecule has 0 spiro atoms. The molecule has 0 amide bonds. The minimum absolute atomic E-state index is 0.0404. The SMILES string of the molecule is CCCNCc1ccc(F)c(-c2cccc([N+](=O)[O-])c2)c1. The van der Waals surface area contributed by atoms with Crippen LogP contribution in [0.2, 0.25) is 0 Å². The van der Waals surface area contributed by atoms with Crippen molar-refractivity contribution in [1.29, 1.82) is 0 Å². The summed E-state index contributed by atoms with van der Waals surface area (Å²) in [6, 6.07) is 10.9. The number of non-ortho nitro benzene ring substituents is 1. The Morgan fingerprint density at radius 3 is 2.76 bits per heavy atom. The zero-order valence-electron chi connectivity index (χ0n) is 11.8. The number of nitro groups is 1. The smallest absolute Gasteiger partial charge is 0.270 e. The van der Waals surface area contributed by atoms with Crippen LogP contribution in [-0.2, 0) is 6.54 Å². The van der Waals surface area contributed by atoms with Gasteiger partial charge in [0.2, 0.25) is 0 Å². The van der Waals surface area contributed by atoms with Gasteiger partial charge in [-0.25, -0.2) is 4.39 Å². The summed E-state index contributed by atoms with van der Waals surface area (Å²) in [6.45, 7) is 3.62. The normalized spacial score (nSPS) is 10.6. The molecule has 0 saturated heterocycles. The molecule has 0 aliphatic rings. The topological polar surface area (TPSA) is 55.2 Å². The minimum Gasteiger partial charge on any atom is -0.313 e. The molecular weight excluding hydrogens is 271 g/mol. The van der Waals surface area contributed by atoms with E-state index in [1.165, 1.54) is 18.2 Å². The molecule has 0 saturated carbocycles. The van der Waals surface area contributed by atoms with Crippen LogP contribution in [0.1, 0.15) is 18.9 Å². The van der Waals surface area contributed by atoms with Gasteiger partial charge in [-0.1, -0.05) is 25.1 Å². The first kappa shape index (κ1) is 15.1. The lowest BCUT2D eigenvalue weighted by atomic mass is 10.0. The van der Waals surface area contributed by atoms with Gasteiger partial charge in [0.15, 0.2) is 0 Å². The van der Waals surface area contributed by atoms with Crippen molar-refractivity contribution in [2.24, 2.45) is 0 Å². The van der Waals surface area contributed by atoms with Crippen LogP contribution in [0.4, 0.5) is 10.1 Å². The Hall–Kier alpha value is -2.27. The van der Waals surface area contributed by atoms with Crippen molar-refractivity contribution >= 4 is 5.69 Å². The van der Waals surface area contributed by atoms with E-state index in [9.17, 15) is 14.5 Å². The molecule has 0 aliphatic heterocycles. The average molecular weight is 288 g/mol. The highest BCUT2D eigenvalue weighted by atomic mass is 19.1. The zero-order valence-corrected chi connectivity index (χ0v) is 11.8. The first-order chi connectivity index (χ1) is 10.1. The van der Waals surface area contributed by atoms with Gasteiger partial charge in [0.1, 0.15) is 5.82 Å². The zero-order chi connectivity index (χ0) is 15.2. The summed E-state index contributed by atoms with van der Waals surface area (Å²) in [6.07, 6.45) is 1.03. The molecule has 2 rings (SSSR count). The van der Waals surface area contributed by atoms with Crippen molar-refractivity contribution in [1.82, 2.24) is 5.32 Å². The van der Waals surface area contributed by atoms with Gasteiger partial charge in [-0.15, -0.1) is 0 Å². The van der Waals surface area contributed by atoms with Crippen molar-refractivity contribution in [3.63, 3.8) is 0 Å². The van der Waals surface area contributed by atoms with E-state index in [1.807, 2.05) is 0 Å². The second kappa shape index (κ2) is 6.95. The molecule has 110 valence electrons. The van der Waals surface area contributed by atoms with E-state index < -0.39 is 4.92 Å². The van der Waals surface area contributed by atoms with E-state index in [1.54, 1.807) is 24.3 Å². The molecule has 5 heteroatoms. The Balaban J connectivity index is 2.31. The van der Waals surface area contributed by atoms with Gasteiger partial charge in [-0.05, 0) is 36.2 Å². The number of hydrogen-bond acceptors (Lipinski definition) is 3. The second-order valence-corrected chi connectivity index (χ2v) is 4.80. The third-order valence-electron chi connectivity index (χ3n) is 3.15. The van der Waals surface area contributed by atoms with Crippen molar-refractivity contribution in [2.75, 3.05) is 6.54 Å². The maximum absolute atomic E-state index is 14.0. The molecule has 4 nitrogen and oxygen atoms in total. The Kier molecular flexibility index (Phi) is 5.00. The molecule has 0 unspecified atom stereocenters. The highest BCUT2D eigenvalue weighted by Crippen LogP contribution is 2.27. The van der Waals surface area contributed by atoms with Gasteiger partial charge < -0.3 is 5.32 Å². The third-order valence-corrected chi connectivity index (χ3v) is 3.15. The van der Waals surface area contributed by atoms with Crippen LogP contribution >= 0.6 is 0 Å². The summed E-state index contributed by atoms with van der Waals surface area (Å²) >= 11 is 0. The lowest BCUT2D eigenvalue weighted by molar-refractivity contribution is -0.384. The number of nitrogens with zero attached hydrogens (tertiary/aromatic N) is 1. The van der Waals surface area contributed by atoms with Crippen molar-refractivity contribution in [2.45, 2.75) is 19.9 Å². The Morgan fingerprint density at radius 2 is 2.05 bits per heavy atom. The standard InChI is InChI=1S/C16H17FN2O2/c1-2-8-18-11-12-6-7-16(17)15(9-12)13-4-3-5-14(10-13)19(20)21/h3-7,9-10,18H,2,8,11H2,1H3. The molecule has 0 fully saturated rings. The molecule has 21 heavy (non-hydrogen) atoms. The Morgan fingerprint density at radius 1 is 1.24 bits per heavy atom. The monoisotopic (exact) mass is 288 g/mol. The van der Waals surface area contributed by atoms with Gasteiger partial charge >= 0.3 is 0 Å². The fraction of sp³-hybridized carbons (Fsp3) is 0.250. The third kappa shape index (κ3) is 3.86. The molecule has 0 aromatic heterocycles. The molecule has 0 aliphatic carbocycles. The van der Waals surface area contributed by atoms with E-state index in [-0.39, 0.29) is 11.5 Å². The molecule has 0 atom stereocenters. The largest absolute Gasteiger partial charge is 0.313 e. The molecule has 0 heterocycles. The summed E-state index contributed by atoms with van der Waals surface area (Å²) in [4.78, 5) is 10.3. The molecule has 0 bridgehead atoms. The number of hydrogen-bond donors (Lipinski definition) is 1. The lowest BCUT2D eigenvalue weighted by Gasteiger charge is -2.08. The van der Waals surface area contributed by atoms with Gasteiger partial charge in [0, 0.05) is 24.2 Å². The van der Waals surface area contributed by atoms with Crippen molar-refractivity contribution < 1.29 is 9.31 Å². The fourth-order valence-corrected chi connectivity index (χ4v) is 2.10. The van der Waals surface area contributed by atoms with Crippen LogP contribution < -0.4 is 5.32 Å². The van der Waals surface area contributed by atoms with Crippen LogP contribution in [0.25, 0.3) is 11.1 Å². The van der Waals surface area contributed by atoms with E-state index in [4.69, 9.17) is 0 Å². The maximum Gasteiger partial charge on any atom is 0.270 e. The fourth-order valence-electron chi connectivity index (χ4n) is 2.10. The summed E-state index contributed by atoms with van der Waals surface area (Å²) in [5, 5.41) is 14.1. The summed E-state index contributed by atoms with van der Waals surface area (Å²) < 4.78 is 14.0. The number of halogens is 1. The molecular formula is C16H17FN2O2. The van der Waals surface area contributed by atoms with Gasteiger partial charge in [0.25, 0.3) is 5.69 Å². The van der Waals surface area contributed by atoms with Crippen LogP contribution in [-0.4, -0.2) is 11.5 Å². The number of rotatable bonds is 6. The van der Waals surface area contributed by atoms with E-state index in [0.29, 0.717) is 17.7 Å². The second-order valence-electron chi connectivity index (χ2n) is 4.80. The highest BCUT2D eigenvalue weighted by molar-refractivity contribution is 5.67. The summed E-state index contributed by atoms with van der Waals surface area (Å²) in [5.74, 6) is -0.380. The van der Waals surface area contributed by atoms with Gasteiger partial charge in [0.05, 0.1) is 4.92 Å². The van der Waals surface area contributed by atoms with Crippen LogP contribution in [0, 0.1) is 15.9 Å². The molecule has 1 N–H and O–H groups in total. The maximum atomic E-state index is 14.0. The Labute approximate surface area is 122 Å². The van der Waals surface area contributed by atoms with E-state index in [0.717, 1.165) is 18.5 Å². The highest BCUT2D eigenvalue weighted by Gasteiger charge is 2.11. The van der Waals surface area contributed by atoms with Crippen LogP contribution in [0.5, 0.6) is 0 Å². The first-order valence-electron chi connectivity index (χ1n) is 6.85. The Bertz CT molecular complexity index is 644. The molecule has 0 radical (unpaired) electrons. The molecule has 2 aromatic carbocycles. The van der Waals surface area contributed by atoms with Crippen LogP contribution in [0.3, 0.4) is 0 Å². The summed E-state index contributed by atoms with van der Waals surface area (Å²) in [5.41, 5.74) is 1.81. The minimum atomic E-state index is -0.478. The van der Waals surface area contributed by atoms with Gasteiger partial charge in [-0.2, -0.15) is 0 Å². The predicted octanol–water partition coefficient (Wildman–Crippen LogP) is 3.90. The molecule has 2 aromatic rings. The number of nitro benzene ring substituents is 1. The van der Waals surface area contributed by atoms with Gasteiger partial charge in [-0.3, -0.25) is 10.1 Å². The predicted molar refractivity (Wildman–Crippen MR) is 80.5 cm³/mol. The number of nitrogens with one attached hydrogen (secondary N) is 1. The van der Waals surface area contributed by atoms with E-state index >= 15 is 0 Å². The average Bonchev–Trinajstić information content (AvgIpc) is 2.49. The van der Waals surface area contributed by atoms with Crippen molar-refractivity contribution in [3.8, 4) is 11.1 Å². The van der Waals surface area contributed by atoms with Crippen molar-refractivity contribution in [3.05, 3.63) is 64.0 Å². The lowest BCUT2D eigenvalue weighted by Crippen LogP contribution is -2.13. The summed E-state index contributed by atoms with van der Waals surface area (Å²) in [7, 11) is 0. The van der Waals surface area contributed by atoms with E-state index in [2.05, 4.69) is 12.2 Å². The van der Waals surface area contributed by atoms with Crippen LogP contribution in [0.15, 0.2) is 42.5 Å². The number of benzene rings is 2. The first-order valence-corrected chi connectivity index (χ1v) is 6.85.